The van der Waals surface area contributed by atoms with Crippen molar-refractivity contribution in [3.8, 4) is 6.07 Å². The number of hydrogen-bond acceptors (Lipinski definition) is 7. The van der Waals surface area contributed by atoms with Crippen LogP contribution in [0.15, 0.2) is 10.5 Å². The van der Waals surface area contributed by atoms with E-state index in [1.54, 1.807) is 4.44 Å². The van der Waals surface area contributed by atoms with Crippen LogP contribution in [-0.4, -0.2) is 35.7 Å². The second-order valence-corrected chi connectivity index (χ2v) is 9.55. The number of aromatic nitrogens is 3. The molecule has 1 aliphatic carbocycles. The zero-order valence-electron chi connectivity index (χ0n) is 12.4. The number of thiazole rings is 1. The molecule has 0 atom stereocenters. The standard InChI is InChI=1S/C15H13N5S2Se/c1-21-15-19-12(10(6-16)22-15)18-14-17-7-9-8-4-2-3-5-11(8)23-13(9)20-14/h7H,2-5H2,1H3,(H,17,18,20). The first-order valence-corrected chi connectivity index (χ1v) is 11.0. The van der Waals surface area contributed by atoms with Gasteiger partial charge in [-0.15, -0.1) is 0 Å². The molecule has 116 valence electrons. The van der Waals surface area contributed by atoms with Crippen molar-refractivity contribution in [2.45, 2.75) is 30.0 Å². The number of hydrogen-bond donors (Lipinski definition) is 1. The third kappa shape index (κ3) is 2.79. The van der Waals surface area contributed by atoms with Crippen LogP contribution in [0, 0.1) is 11.3 Å². The van der Waals surface area contributed by atoms with Crippen LogP contribution >= 0.6 is 23.1 Å². The van der Waals surface area contributed by atoms with Crippen LogP contribution in [0.1, 0.15) is 27.7 Å². The number of anilines is 2. The predicted molar refractivity (Wildman–Crippen MR) is 95.0 cm³/mol. The van der Waals surface area contributed by atoms with E-state index in [1.807, 2.05) is 12.5 Å². The van der Waals surface area contributed by atoms with E-state index < -0.39 is 0 Å². The molecule has 3 heterocycles. The number of rotatable bonds is 3. The molecule has 0 saturated carbocycles. The van der Waals surface area contributed by atoms with Crippen LogP contribution in [0.5, 0.6) is 0 Å². The Kier molecular flexibility index (Phi) is 4.12. The first kappa shape index (κ1) is 15.2. The van der Waals surface area contributed by atoms with Crippen molar-refractivity contribution in [2.24, 2.45) is 0 Å². The van der Waals surface area contributed by atoms with Crippen LogP contribution < -0.4 is 5.32 Å². The van der Waals surface area contributed by atoms with Gasteiger partial charge in [-0.25, -0.2) is 0 Å². The summed E-state index contributed by atoms with van der Waals surface area (Å²) < 4.78 is 3.63. The van der Waals surface area contributed by atoms with Crippen molar-refractivity contribution in [2.75, 3.05) is 11.6 Å². The summed E-state index contributed by atoms with van der Waals surface area (Å²) >= 11 is 3.25. The molecular weight excluding hydrogens is 393 g/mol. The van der Waals surface area contributed by atoms with E-state index in [9.17, 15) is 5.26 Å². The van der Waals surface area contributed by atoms with Gasteiger partial charge in [0.15, 0.2) is 0 Å². The van der Waals surface area contributed by atoms with Gasteiger partial charge in [-0.3, -0.25) is 0 Å². The van der Waals surface area contributed by atoms with E-state index in [0.29, 0.717) is 31.1 Å². The molecule has 0 aromatic carbocycles. The first-order valence-electron chi connectivity index (χ1n) is 7.27. The van der Waals surface area contributed by atoms with Crippen molar-refractivity contribution < 1.29 is 0 Å². The Morgan fingerprint density at radius 2 is 2.22 bits per heavy atom. The van der Waals surface area contributed by atoms with Gasteiger partial charge in [0.2, 0.25) is 0 Å². The van der Waals surface area contributed by atoms with Gasteiger partial charge in [0.1, 0.15) is 0 Å². The summed E-state index contributed by atoms with van der Waals surface area (Å²) in [6.45, 7) is 0. The average Bonchev–Trinajstić information content (AvgIpc) is 3.14. The summed E-state index contributed by atoms with van der Waals surface area (Å²) in [5, 5.41) is 13.6. The minimum absolute atomic E-state index is 0.328. The van der Waals surface area contributed by atoms with Crippen LogP contribution in [0.2, 0.25) is 0 Å². The Morgan fingerprint density at radius 3 is 3.04 bits per heavy atom. The van der Waals surface area contributed by atoms with E-state index in [-0.39, 0.29) is 0 Å². The second kappa shape index (κ2) is 6.25. The number of aryl methyl sites for hydroxylation is 2. The van der Waals surface area contributed by atoms with Crippen molar-refractivity contribution in [1.29, 1.82) is 5.26 Å². The summed E-state index contributed by atoms with van der Waals surface area (Å²) in [4.78, 5) is 14.1. The number of nitrogens with zero attached hydrogens (tertiary/aromatic N) is 4. The van der Waals surface area contributed by atoms with Crippen LogP contribution in [0.3, 0.4) is 0 Å². The van der Waals surface area contributed by atoms with Crippen LogP contribution in [0.25, 0.3) is 9.78 Å². The minimum atomic E-state index is 0.328. The van der Waals surface area contributed by atoms with Gasteiger partial charge >= 0.3 is 148 Å². The van der Waals surface area contributed by atoms with Gasteiger partial charge in [-0.2, -0.15) is 0 Å². The molecule has 5 nitrogen and oxygen atoms in total. The maximum absolute atomic E-state index is 9.23. The zero-order valence-corrected chi connectivity index (χ0v) is 15.8. The summed E-state index contributed by atoms with van der Waals surface area (Å²) in [5.74, 6) is 1.10. The normalized spacial score (nSPS) is 13.7. The third-order valence-corrected chi connectivity index (χ3v) is 8.30. The molecule has 3 aromatic heterocycles. The first-order chi connectivity index (χ1) is 11.3. The Bertz CT molecular complexity index is 924. The molecule has 8 heteroatoms. The van der Waals surface area contributed by atoms with Crippen molar-refractivity contribution in [3.63, 3.8) is 0 Å². The van der Waals surface area contributed by atoms with E-state index in [4.69, 9.17) is 4.98 Å². The molecular formula is C15H13N5S2Se. The summed E-state index contributed by atoms with van der Waals surface area (Å²) in [5.41, 5.74) is 1.49. The van der Waals surface area contributed by atoms with E-state index in [0.717, 1.165) is 4.34 Å². The van der Waals surface area contributed by atoms with Gasteiger partial charge in [-0.1, -0.05) is 0 Å². The number of nitrogens with one attached hydrogen (secondary N) is 1. The van der Waals surface area contributed by atoms with Gasteiger partial charge in [0.05, 0.1) is 0 Å². The van der Waals surface area contributed by atoms with Gasteiger partial charge in [0, 0.05) is 0 Å². The summed E-state index contributed by atoms with van der Waals surface area (Å²) in [6, 6.07) is 2.18. The molecule has 0 aliphatic heterocycles. The van der Waals surface area contributed by atoms with Crippen LogP contribution in [0.4, 0.5) is 11.8 Å². The van der Waals surface area contributed by atoms with Gasteiger partial charge in [0.25, 0.3) is 0 Å². The molecule has 0 unspecified atom stereocenters. The number of nitriles is 1. The van der Waals surface area contributed by atoms with Gasteiger partial charge < -0.3 is 0 Å². The fourth-order valence-electron chi connectivity index (χ4n) is 2.76. The molecule has 0 amide bonds. The van der Waals surface area contributed by atoms with E-state index in [1.165, 1.54) is 64.1 Å². The third-order valence-electron chi connectivity index (χ3n) is 3.83. The SMILES string of the molecule is CSc1nc(Nc2ncc3c4c([se]c3n2)CCCC4)c(C#N)s1. The Labute approximate surface area is 147 Å². The second-order valence-electron chi connectivity index (χ2n) is 5.22. The Hall–Kier alpha value is -1.39. The molecule has 0 saturated heterocycles. The maximum atomic E-state index is 9.23. The zero-order chi connectivity index (χ0) is 15.8. The van der Waals surface area contributed by atoms with Crippen LogP contribution in [-0.2, 0) is 12.8 Å². The molecule has 0 radical (unpaired) electrons. The molecule has 23 heavy (non-hydrogen) atoms. The molecule has 4 rings (SSSR count). The average molecular weight is 406 g/mol. The number of fused-ring (bicyclic) bond motifs is 3. The quantitative estimate of drug-likeness (QED) is 0.531. The molecule has 1 N–H and O–H groups in total. The molecule has 0 bridgehead atoms. The molecule has 0 fully saturated rings. The molecule has 3 aromatic rings. The topological polar surface area (TPSA) is 74.5 Å². The van der Waals surface area contributed by atoms with Gasteiger partial charge in [-0.05, 0) is 0 Å². The Balaban J connectivity index is 1.70. The fraction of sp³-hybridized carbons (Fsp3) is 0.333. The Morgan fingerprint density at radius 1 is 1.35 bits per heavy atom. The number of thioether (sulfide) groups is 1. The molecule has 1 aliphatic rings. The van der Waals surface area contributed by atoms with Crippen molar-refractivity contribution in [1.82, 2.24) is 15.0 Å². The fourth-order valence-corrected chi connectivity index (χ4v) is 6.66. The monoisotopic (exact) mass is 407 g/mol. The van der Waals surface area contributed by atoms with E-state index in [2.05, 4.69) is 21.4 Å². The summed E-state index contributed by atoms with van der Waals surface area (Å²) in [6.07, 6.45) is 8.85. The van der Waals surface area contributed by atoms with E-state index >= 15 is 0 Å². The van der Waals surface area contributed by atoms with Crippen molar-refractivity contribution in [3.05, 3.63) is 21.1 Å². The summed E-state index contributed by atoms with van der Waals surface area (Å²) in [7, 11) is 0. The predicted octanol–water partition coefficient (Wildman–Crippen LogP) is 3.36. The van der Waals surface area contributed by atoms with Crippen molar-refractivity contribution >= 4 is 59.1 Å². The molecule has 0 spiro atoms.